The minimum absolute atomic E-state index is 0.0815. The van der Waals surface area contributed by atoms with E-state index >= 15 is 0 Å². The minimum atomic E-state index is -4.20. The summed E-state index contributed by atoms with van der Waals surface area (Å²) in [6.07, 6.45) is 6.75. The fraction of sp³-hybridized carbons (Fsp3) is 0.409. The number of carboxylic acid groups (broad SMARTS) is 1. The highest BCUT2D eigenvalue weighted by Gasteiger charge is 2.27. The SMILES string of the molecule is NS(=O)(=O)c1cc(C(=O)O)cc(N2CCCC2)c1Oc1ccc(C2CCCC2)cc1. The molecule has 0 amide bonds. The van der Waals surface area contributed by atoms with Crippen LogP contribution in [0.2, 0.25) is 0 Å². The van der Waals surface area contributed by atoms with Crippen molar-refractivity contribution in [2.75, 3.05) is 18.0 Å². The fourth-order valence-corrected chi connectivity index (χ4v) is 5.10. The Morgan fingerprint density at radius 2 is 1.67 bits per heavy atom. The van der Waals surface area contributed by atoms with Gasteiger partial charge in [-0.3, -0.25) is 0 Å². The van der Waals surface area contributed by atoms with Crippen LogP contribution in [0.25, 0.3) is 0 Å². The first kappa shape index (κ1) is 20.7. The Hall–Kier alpha value is -2.58. The Morgan fingerprint density at radius 1 is 1.03 bits per heavy atom. The molecule has 0 atom stereocenters. The standard InChI is InChI=1S/C22H26N2O5S/c23-30(27,28)20-14-17(22(25)26)13-19(24-11-3-4-12-24)21(20)29-18-9-7-16(8-10-18)15-5-1-2-6-15/h7-10,13-15H,1-6,11-12H2,(H,25,26)(H2,23,27,28). The molecule has 0 unspecified atom stereocenters. The summed E-state index contributed by atoms with van der Waals surface area (Å²) in [5.74, 6) is -0.0787. The summed E-state index contributed by atoms with van der Waals surface area (Å²) in [4.78, 5) is 13.2. The second-order valence-electron chi connectivity index (χ2n) is 8.02. The minimum Gasteiger partial charge on any atom is -0.478 e. The first-order chi connectivity index (χ1) is 14.3. The molecule has 1 aliphatic carbocycles. The lowest BCUT2D eigenvalue weighted by Crippen LogP contribution is -2.21. The fourth-order valence-electron chi connectivity index (χ4n) is 4.40. The van der Waals surface area contributed by atoms with Gasteiger partial charge in [-0.1, -0.05) is 25.0 Å². The second kappa shape index (κ2) is 8.28. The maximum atomic E-state index is 12.3. The molecule has 2 fully saturated rings. The van der Waals surface area contributed by atoms with E-state index in [1.807, 2.05) is 29.2 Å². The summed E-state index contributed by atoms with van der Waals surface area (Å²) in [7, 11) is -4.20. The second-order valence-corrected chi connectivity index (χ2v) is 9.55. The summed E-state index contributed by atoms with van der Waals surface area (Å²) in [5.41, 5.74) is 1.56. The largest absolute Gasteiger partial charge is 0.478 e. The van der Waals surface area contributed by atoms with Gasteiger partial charge < -0.3 is 14.7 Å². The number of benzene rings is 2. The van der Waals surface area contributed by atoms with Gasteiger partial charge >= 0.3 is 5.97 Å². The number of nitrogens with two attached hydrogens (primary N) is 1. The smallest absolute Gasteiger partial charge is 0.335 e. The molecule has 1 saturated carbocycles. The van der Waals surface area contributed by atoms with Crippen LogP contribution in [-0.2, 0) is 10.0 Å². The number of carbonyl (C=O) groups is 1. The molecular weight excluding hydrogens is 404 g/mol. The zero-order valence-corrected chi connectivity index (χ0v) is 17.5. The van der Waals surface area contributed by atoms with Crippen molar-refractivity contribution in [3.8, 4) is 11.5 Å². The molecule has 1 aliphatic heterocycles. The topological polar surface area (TPSA) is 110 Å². The summed E-state index contributed by atoms with van der Waals surface area (Å²) < 4.78 is 30.6. The molecule has 0 spiro atoms. The van der Waals surface area contributed by atoms with Crippen LogP contribution in [0.4, 0.5) is 5.69 Å². The van der Waals surface area contributed by atoms with Crippen LogP contribution in [-0.4, -0.2) is 32.6 Å². The van der Waals surface area contributed by atoms with Crippen LogP contribution in [0, 0.1) is 0 Å². The van der Waals surface area contributed by atoms with Crippen LogP contribution in [0.5, 0.6) is 11.5 Å². The Balaban J connectivity index is 1.75. The van der Waals surface area contributed by atoms with Gasteiger partial charge in [0.15, 0.2) is 5.75 Å². The zero-order chi connectivity index (χ0) is 21.3. The molecular formula is C22H26N2O5S. The quantitative estimate of drug-likeness (QED) is 0.714. The normalized spacial score (nSPS) is 17.4. The number of aromatic carboxylic acids is 1. The summed E-state index contributed by atoms with van der Waals surface area (Å²) >= 11 is 0. The summed E-state index contributed by atoms with van der Waals surface area (Å²) in [6.45, 7) is 1.40. The number of sulfonamides is 1. The average Bonchev–Trinajstić information content (AvgIpc) is 3.42. The summed E-state index contributed by atoms with van der Waals surface area (Å²) in [5, 5.41) is 14.9. The third-order valence-corrected chi connectivity index (χ3v) is 6.88. The first-order valence-electron chi connectivity index (χ1n) is 10.3. The van der Waals surface area contributed by atoms with E-state index in [1.165, 1.54) is 37.3 Å². The van der Waals surface area contributed by atoms with Crippen molar-refractivity contribution in [2.24, 2.45) is 5.14 Å². The Labute approximate surface area is 176 Å². The predicted molar refractivity (Wildman–Crippen MR) is 114 cm³/mol. The van der Waals surface area contributed by atoms with Crippen molar-refractivity contribution in [3.63, 3.8) is 0 Å². The predicted octanol–water partition coefficient (Wildman–Crippen LogP) is 4.08. The van der Waals surface area contributed by atoms with E-state index in [0.29, 0.717) is 30.4 Å². The molecule has 0 bridgehead atoms. The number of primary sulfonamides is 1. The third-order valence-electron chi connectivity index (χ3n) is 5.96. The van der Waals surface area contributed by atoms with Gasteiger partial charge in [-0.15, -0.1) is 0 Å². The van der Waals surface area contributed by atoms with E-state index in [1.54, 1.807) is 0 Å². The summed E-state index contributed by atoms with van der Waals surface area (Å²) in [6, 6.07) is 10.2. The van der Waals surface area contributed by atoms with E-state index in [0.717, 1.165) is 18.9 Å². The van der Waals surface area contributed by atoms with Crippen molar-refractivity contribution < 1.29 is 23.1 Å². The number of hydrogen-bond acceptors (Lipinski definition) is 5. The van der Waals surface area contributed by atoms with E-state index < -0.39 is 16.0 Å². The van der Waals surface area contributed by atoms with Crippen LogP contribution in [0.1, 0.15) is 60.4 Å². The number of hydrogen-bond donors (Lipinski definition) is 2. The van der Waals surface area contributed by atoms with Crippen molar-refractivity contribution in [2.45, 2.75) is 49.3 Å². The van der Waals surface area contributed by atoms with Crippen molar-refractivity contribution in [1.29, 1.82) is 0 Å². The zero-order valence-electron chi connectivity index (χ0n) is 16.7. The Bertz CT molecular complexity index is 1040. The maximum absolute atomic E-state index is 12.3. The lowest BCUT2D eigenvalue weighted by atomic mass is 9.98. The highest BCUT2D eigenvalue weighted by Crippen LogP contribution is 2.41. The number of anilines is 1. The molecule has 160 valence electrons. The van der Waals surface area contributed by atoms with E-state index in [2.05, 4.69) is 0 Å². The van der Waals surface area contributed by atoms with Gasteiger partial charge in [0, 0.05) is 13.1 Å². The van der Waals surface area contributed by atoms with Gasteiger partial charge in [0.05, 0.1) is 11.3 Å². The number of ether oxygens (including phenoxy) is 1. The van der Waals surface area contributed by atoms with Crippen molar-refractivity contribution >= 4 is 21.7 Å². The lowest BCUT2D eigenvalue weighted by Gasteiger charge is -2.23. The number of nitrogens with zero attached hydrogens (tertiary/aromatic N) is 1. The molecule has 2 aromatic rings. The first-order valence-corrected chi connectivity index (χ1v) is 11.8. The molecule has 0 aromatic heterocycles. The molecule has 7 nitrogen and oxygen atoms in total. The van der Waals surface area contributed by atoms with Gasteiger partial charge in [-0.2, -0.15) is 0 Å². The molecule has 4 rings (SSSR count). The van der Waals surface area contributed by atoms with Crippen molar-refractivity contribution in [3.05, 3.63) is 47.5 Å². The highest BCUT2D eigenvalue weighted by atomic mass is 32.2. The van der Waals surface area contributed by atoms with Gasteiger partial charge in [-0.05, 0) is 61.4 Å². The molecule has 2 aromatic carbocycles. The highest BCUT2D eigenvalue weighted by molar-refractivity contribution is 7.89. The van der Waals surface area contributed by atoms with Crippen LogP contribution in [0.15, 0.2) is 41.3 Å². The Kier molecular flexibility index (Phi) is 5.71. The van der Waals surface area contributed by atoms with Gasteiger partial charge in [0.25, 0.3) is 0 Å². The van der Waals surface area contributed by atoms with Crippen LogP contribution in [0.3, 0.4) is 0 Å². The van der Waals surface area contributed by atoms with Gasteiger partial charge in [0.2, 0.25) is 10.0 Å². The molecule has 0 radical (unpaired) electrons. The average molecular weight is 431 g/mol. The Morgan fingerprint density at radius 3 is 2.23 bits per heavy atom. The lowest BCUT2D eigenvalue weighted by molar-refractivity contribution is 0.0696. The van der Waals surface area contributed by atoms with Crippen molar-refractivity contribution in [1.82, 2.24) is 0 Å². The van der Waals surface area contributed by atoms with E-state index in [9.17, 15) is 18.3 Å². The molecule has 1 saturated heterocycles. The number of carboxylic acids is 1. The van der Waals surface area contributed by atoms with E-state index in [4.69, 9.17) is 9.88 Å². The molecule has 30 heavy (non-hydrogen) atoms. The monoisotopic (exact) mass is 430 g/mol. The van der Waals surface area contributed by atoms with E-state index in [-0.39, 0.29) is 16.2 Å². The number of rotatable bonds is 6. The third kappa shape index (κ3) is 4.29. The molecule has 2 aliphatic rings. The van der Waals surface area contributed by atoms with Crippen LogP contribution >= 0.6 is 0 Å². The molecule has 8 heteroatoms. The van der Waals surface area contributed by atoms with Crippen LogP contribution < -0.4 is 14.8 Å². The molecule has 1 heterocycles. The van der Waals surface area contributed by atoms with Gasteiger partial charge in [-0.25, -0.2) is 18.4 Å². The maximum Gasteiger partial charge on any atom is 0.335 e. The van der Waals surface area contributed by atoms with Gasteiger partial charge in [0.1, 0.15) is 10.6 Å². The molecule has 3 N–H and O–H groups in total.